The smallest absolute Gasteiger partial charge is 0.127 e. The van der Waals surface area contributed by atoms with Crippen molar-refractivity contribution < 1.29 is 4.74 Å². The van der Waals surface area contributed by atoms with Crippen LogP contribution in [0.15, 0.2) is 109 Å². The molecule has 4 rings (SSSR count). The third kappa shape index (κ3) is 4.54. The fourth-order valence-corrected chi connectivity index (χ4v) is 3.33. The van der Waals surface area contributed by atoms with Gasteiger partial charge in [0.05, 0.1) is 12.1 Å². The van der Waals surface area contributed by atoms with Crippen molar-refractivity contribution in [1.29, 1.82) is 0 Å². The highest BCUT2D eigenvalue weighted by atomic mass is 16.5. The molecular weight excluding hydrogens is 356 g/mol. The molecule has 0 radical (unpaired) electrons. The van der Waals surface area contributed by atoms with Crippen LogP contribution in [0.4, 0.5) is 0 Å². The lowest BCUT2D eigenvalue weighted by Gasteiger charge is -2.14. The van der Waals surface area contributed by atoms with Crippen molar-refractivity contribution in [3.8, 4) is 11.5 Å². The molecule has 4 N–H and O–H groups in total. The van der Waals surface area contributed by atoms with Gasteiger partial charge in [-0.05, 0) is 46.5 Å². The summed E-state index contributed by atoms with van der Waals surface area (Å²) in [5, 5.41) is 0. The summed E-state index contributed by atoms with van der Waals surface area (Å²) in [4.78, 5) is 0. The first-order valence-electron chi connectivity index (χ1n) is 9.69. The SMILES string of the molecule is NC(c1ccccc1)c1ccc(Oc2ccc(C(N)c3ccccc3)cc2)cc1. The maximum Gasteiger partial charge on any atom is 0.127 e. The van der Waals surface area contributed by atoms with Crippen molar-refractivity contribution in [2.75, 3.05) is 0 Å². The van der Waals surface area contributed by atoms with Crippen LogP contribution < -0.4 is 16.2 Å². The van der Waals surface area contributed by atoms with Crippen molar-refractivity contribution in [2.45, 2.75) is 12.1 Å². The number of ether oxygens (including phenoxy) is 1. The minimum Gasteiger partial charge on any atom is -0.457 e. The number of benzene rings is 4. The van der Waals surface area contributed by atoms with Gasteiger partial charge in [0, 0.05) is 0 Å². The van der Waals surface area contributed by atoms with Gasteiger partial charge in [0.1, 0.15) is 11.5 Å². The monoisotopic (exact) mass is 380 g/mol. The number of nitrogens with two attached hydrogens (primary N) is 2. The van der Waals surface area contributed by atoms with Gasteiger partial charge in [-0.25, -0.2) is 0 Å². The lowest BCUT2D eigenvalue weighted by molar-refractivity contribution is 0.482. The van der Waals surface area contributed by atoms with E-state index in [2.05, 4.69) is 0 Å². The average molecular weight is 380 g/mol. The fourth-order valence-electron chi connectivity index (χ4n) is 3.33. The Labute approximate surface area is 171 Å². The van der Waals surface area contributed by atoms with Crippen molar-refractivity contribution in [3.63, 3.8) is 0 Å². The molecule has 0 bridgehead atoms. The van der Waals surface area contributed by atoms with Gasteiger partial charge in [-0.15, -0.1) is 0 Å². The van der Waals surface area contributed by atoms with Crippen LogP contribution in [0.3, 0.4) is 0 Å². The van der Waals surface area contributed by atoms with Crippen LogP contribution in [0.5, 0.6) is 11.5 Å². The van der Waals surface area contributed by atoms with E-state index in [9.17, 15) is 0 Å². The summed E-state index contributed by atoms with van der Waals surface area (Å²) < 4.78 is 5.98. The molecule has 2 unspecified atom stereocenters. The lowest BCUT2D eigenvalue weighted by atomic mass is 9.99. The van der Waals surface area contributed by atoms with Gasteiger partial charge in [0.15, 0.2) is 0 Å². The Kier molecular flexibility index (Phi) is 5.71. The van der Waals surface area contributed by atoms with E-state index in [0.29, 0.717) is 0 Å². The van der Waals surface area contributed by atoms with Crippen LogP contribution in [0.1, 0.15) is 34.3 Å². The molecule has 0 aromatic heterocycles. The molecule has 0 aliphatic rings. The Morgan fingerprint density at radius 3 is 1.07 bits per heavy atom. The highest BCUT2D eigenvalue weighted by molar-refractivity contribution is 5.39. The third-order valence-corrected chi connectivity index (χ3v) is 5.03. The molecule has 3 heteroatoms. The zero-order valence-electron chi connectivity index (χ0n) is 16.1. The molecule has 3 nitrogen and oxygen atoms in total. The van der Waals surface area contributed by atoms with Gasteiger partial charge in [-0.2, -0.15) is 0 Å². The molecule has 0 aliphatic carbocycles. The summed E-state index contributed by atoms with van der Waals surface area (Å²) in [5.74, 6) is 1.54. The van der Waals surface area contributed by atoms with Gasteiger partial charge in [0.25, 0.3) is 0 Å². The van der Waals surface area contributed by atoms with Crippen LogP contribution >= 0.6 is 0 Å². The second kappa shape index (κ2) is 8.74. The van der Waals surface area contributed by atoms with Crippen molar-refractivity contribution in [3.05, 3.63) is 131 Å². The number of hydrogen-bond acceptors (Lipinski definition) is 3. The van der Waals surface area contributed by atoms with Crippen molar-refractivity contribution in [1.82, 2.24) is 0 Å². The summed E-state index contributed by atoms with van der Waals surface area (Å²) in [6.07, 6.45) is 0. The molecule has 4 aromatic rings. The molecule has 0 spiro atoms. The second-order valence-electron chi connectivity index (χ2n) is 7.02. The van der Waals surface area contributed by atoms with E-state index in [-0.39, 0.29) is 12.1 Å². The molecule has 0 heterocycles. The maximum atomic E-state index is 6.36. The van der Waals surface area contributed by atoms with Gasteiger partial charge in [-0.1, -0.05) is 84.9 Å². The molecule has 4 aromatic carbocycles. The van der Waals surface area contributed by atoms with Crippen LogP contribution in [0, 0.1) is 0 Å². The van der Waals surface area contributed by atoms with Crippen LogP contribution in [-0.4, -0.2) is 0 Å². The number of hydrogen-bond donors (Lipinski definition) is 2. The normalized spacial score (nSPS) is 12.9. The van der Waals surface area contributed by atoms with E-state index >= 15 is 0 Å². The molecule has 29 heavy (non-hydrogen) atoms. The molecule has 0 amide bonds. The van der Waals surface area contributed by atoms with Crippen molar-refractivity contribution in [2.24, 2.45) is 11.5 Å². The Bertz CT molecular complexity index is 943. The Balaban J connectivity index is 1.43. The summed E-state index contributed by atoms with van der Waals surface area (Å²) in [7, 11) is 0. The Hall–Kier alpha value is -3.40. The standard InChI is InChI=1S/C26H24N2O/c27-25(19-7-3-1-4-8-19)21-11-15-23(16-12-21)29-24-17-13-22(14-18-24)26(28)20-9-5-2-6-10-20/h1-18,25-26H,27-28H2. The van der Waals surface area contributed by atoms with E-state index in [1.165, 1.54) is 0 Å². The zero-order valence-corrected chi connectivity index (χ0v) is 16.1. The lowest BCUT2D eigenvalue weighted by Crippen LogP contribution is -2.11. The number of rotatable bonds is 6. The van der Waals surface area contributed by atoms with E-state index in [1.54, 1.807) is 0 Å². The van der Waals surface area contributed by atoms with Gasteiger partial charge in [-0.3, -0.25) is 0 Å². The molecule has 2 atom stereocenters. The van der Waals surface area contributed by atoms with E-state index < -0.39 is 0 Å². The molecule has 0 fully saturated rings. The van der Waals surface area contributed by atoms with E-state index in [4.69, 9.17) is 16.2 Å². The predicted octanol–water partition coefficient (Wildman–Crippen LogP) is 5.58. The largest absolute Gasteiger partial charge is 0.457 e. The quantitative estimate of drug-likeness (QED) is 0.459. The second-order valence-corrected chi connectivity index (χ2v) is 7.02. The topological polar surface area (TPSA) is 61.3 Å². The molecule has 0 saturated heterocycles. The fraction of sp³-hybridized carbons (Fsp3) is 0.0769. The van der Waals surface area contributed by atoms with Crippen LogP contribution in [0.2, 0.25) is 0 Å². The van der Waals surface area contributed by atoms with Crippen LogP contribution in [-0.2, 0) is 0 Å². The van der Waals surface area contributed by atoms with Gasteiger partial charge >= 0.3 is 0 Å². The minimum absolute atomic E-state index is 0.149. The Morgan fingerprint density at radius 2 is 0.724 bits per heavy atom. The summed E-state index contributed by atoms with van der Waals surface area (Å²) in [5.41, 5.74) is 17.0. The van der Waals surface area contributed by atoms with E-state index in [1.807, 2.05) is 109 Å². The maximum absolute atomic E-state index is 6.36. The van der Waals surface area contributed by atoms with Gasteiger partial charge in [0.2, 0.25) is 0 Å². The summed E-state index contributed by atoms with van der Waals surface area (Å²) >= 11 is 0. The molecule has 144 valence electrons. The molecule has 0 aliphatic heterocycles. The van der Waals surface area contributed by atoms with E-state index in [0.717, 1.165) is 33.8 Å². The highest BCUT2D eigenvalue weighted by Gasteiger charge is 2.10. The molecular formula is C26H24N2O. The van der Waals surface area contributed by atoms with Crippen molar-refractivity contribution >= 4 is 0 Å². The summed E-state index contributed by atoms with van der Waals surface area (Å²) in [6, 6.07) is 35.6. The Morgan fingerprint density at radius 1 is 0.414 bits per heavy atom. The third-order valence-electron chi connectivity index (χ3n) is 5.03. The van der Waals surface area contributed by atoms with Gasteiger partial charge < -0.3 is 16.2 Å². The minimum atomic E-state index is -0.149. The molecule has 0 saturated carbocycles. The zero-order chi connectivity index (χ0) is 20.1. The first kappa shape index (κ1) is 18.9. The summed E-state index contributed by atoms with van der Waals surface area (Å²) in [6.45, 7) is 0. The van der Waals surface area contributed by atoms with Crippen LogP contribution in [0.25, 0.3) is 0 Å². The first-order valence-corrected chi connectivity index (χ1v) is 9.69. The highest BCUT2D eigenvalue weighted by Crippen LogP contribution is 2.27. The average Bonchev–Trinajstić information content (AvgIpc) is 2.80. The predicted molar refractivity (Wildman–Crippen MR) is 118 cm³/mol. The first-order chi connectivity index (χ1) is 14.2.